The van der Waals surface area contributed by atoms with E-state index in [9.17, 15) is 4.79 Å². The summed E-state index contributed by atoms with van der Waals surface area (Å²) in [5.74, 6) is 1.07. The first-order chi connectivity index (χ1) is 12.0. The minimum atomic E-state index is -0.0660. The number of carbonyl (C=O) groups excluding carboxylic acids is 1. The number of carbonyl (C=O) groups is 1. The van der Waals surface area contributed by atoms with Gasteiger partial charge in [-0.05, 0) is 37.8 Å². The lowest BCUT2D eigenvalue weighted by atomic mass is 10.1. The number of rotatable bonds is 8. The molecule has 2 rings (SSSR count). The number of nitrogens with one attached hydrogen (secondary N) is 1. The fourth-order valence-electron chi connectivity index (χ4n) is 2.52. The summed E-state index contributed by atoms with van der Waals surface area (Å²) in [6.45, 7) is 10.2. The predicted octanol–water partition coefficient (Wildman–Crippen LogP) is 3.91. The van der Waals surface area contributed by atoms with Crippen molar-refractivity contribution in [2.45, 2.75) is 40.7 Å². The summed E-state index contributed by atoms with van der Waals surface area (Å²) in [4.78, 5) is 23.5. The molecule has 1 N–H and O–H groups in total. The Morgan fingerprint density at radius 2 is 1.92 bits per heavy atom. The maximum absolute atomic E-state index is 12.9. The Morgan fingerprint density at radius 1 is 1.20 bits per heavy atom. The van der Waals surface area contributed by atoms with Crippen LogP contribution in [0.1, 0.15) is 48.9 Å². The zero-order valence-electron chi connectivity index (χ0n) is 15.6. The van der Waals surface area contributed by atoms with Crippen molar-refractivity contribution >= 4 is 11.9 Å². The number of amides is 1. The molecule has 134 valence electrons. The predicted molar refractivity (Wildman–Crippen MR) is 102 cm³/mol. The second-order valence-electron chi connectivity index (χ2n) is 6.63. The Bertz CT molecular complexity index is 685. The van der Waals surface area contributed by atoms with Gasteiger partial charge >= 0.3 is 0 Å². The number of aromatic nitrogens is 2. The van der Waals surface area contributed by atoms with Gasteiger partial charge in [-0.1, -0.05) is 44.2 Å². The van der Waals surface area contributed by atoms with E-state index in [1.54, 1.807) is 11.0 Å². The van der Waals surface area contributed by atoms with E-state index in [-0.39, 0.29) is 5.91 Å². The SMILES string of the molecule is CCN(Cc1ccccc1)C(=O)c1cc(C)nc(NCCC(C)C)n1. The highest BCUT2D eigenvalue weighted by atomic mass is 16.2. The molecule has 0 atom stereocenters. The van der Waals surface area contributed by atoms with Gasteiger partial charge in [-0.3, -0.25) is 4.79 Å². The Kier molecular flexibility index (Phi) is 6.92. The van der Waals surface area contributed by atoms with E-state index < -0.39 is 0 Å². The van der Waals surface area contributed by atoms with Crippen LogP contribution in [-0.4, -0.2) is 33.9 Å². The largest absolute Gasteiger partial charge is 0.354 e. The average Bonchev–Trinajstić information content (AvgIpc) is 2.59. The van der Waals surface area contributed by atoms with E-state index in [2.05, 4.69) is 29.1 Å². The summed E-state index contributed by atoms with van der Waals surface area (Å²) in [5.41, 5.74) is 2.34. The molecule has 1 aromatic carbocycles. The van der Waals surface area contributed by atoms with Gasteiger partial charge in [0.1, 0.15) is 5.69 Å². The molecular formula is C20H28N4O. The van der Waals surface area contributed by atoms with E-state index in [0.29, 0.717) is 30.6 Å². The van der Waals surface area contributed by atoms with Crippen LogP contribution in [0.3, 0.4) is 0 Å². The van der Waals surface area contributed by atoms with Gasteiger partial charge in [-0.25, -0.2) is 9.97 Å². The van der Waals surface area contributed by atoms with Crippen LogP contribution in [0.4, 0.5) is 5.95 Å². The molecule has 0 aliphatic rings. The van der Waals surface area contributed by atoms with E-state index in [4.69, 9.17) is 0 Å². The molecule has 1 aromatic heterocycles. The summed E-state index contributed by atoms with van der Waals surface area (Å²) < 4.78 is 0. The second kappa shape index (κ2) is 9.16. The summed E-state index contributed by atoms with van der Waals surface area (Å²) in [5, 5.41) is 3.23. The lowest BCUT2D eigenvalue weighted by molar-refractivity contribution is 0.0746. The van der Waals surface area contributed by atoms with Crippen molar-refractivity contribution in [2.24, 2.45) is 5.92 Å². The Hall–Kier alpha value is -2.43. The van der Waals surface area contributed by atoms with Gasteiger partial charge in [-0.2, -0.15) is 0 Å². The van der Waals surface area contributed by atoms with Crippen molar-refractivity contribution in [2.75, 3.05) is 18.4 Å². The Morgan fingerprint density at radius 3 is 2.56 bits per heavy atom. The first-order valence-electron chi connectivity index (χ1n) is 8.92. The third-order valence-corrected chi connectivity index (χ3v) is 3.96. The Balaban J connectivity index is 2.12. The Labute approximate surface area is 150 Å². The zero-order chi connectivity index (χ0) is 18.2. The minimum absolute atomic E-state index is 0.0660. The maximum atomic E-state index is 12.9. The number of hydrogen-bond donors (Lipinski definition) is 1. The molecule has 0 saturated carbocycles. The van der Waals surface area contributed by atoms with Crippen molar-refractivity contribution in [3.63, 3.8) is 0 Å². The molecule has 2 aromatic rings. The smallest absolute Gasteiger partial charge is 0.272 e. The first-order valence-corrected chi connectivity index (χ1v) is 8.92. The van der Waals surface area contributed by atoms with Crippen LogP contribution >= 0.6 is 0 Å². The van der Waals surface area contributed by atoms with E-state index in [1.807, 2.05) is 44.2 Å². The second-order valence-corrected chi connectivity index (χ2v) is 6.63. The number of aryl methyl sites for hydroxylation is 1. The highest BCUT2D eigenvalue weighted by Crippen LogP contribution is 2.12. The third kappa shape index (κ3) is 5.85. The normalized spacial score (nSPS) is 10.8. The van der Waals surface area contributed by atoms with Crippen LogP contribution < -0.4 is 5.32 Å². The summed E-state index contributed by atoms with van der Waals surface area (Å²) in [7, 11) is 0. The van der Waals surface area contributed by atoms with Crippen LogP contribution in [0, 0.1) is 12.8 Å². The average molecular weight is 340 g/mol. The van der Waals surface area contributed by atoms with Gasteiger partial charge in [0.15, 0.2) is 0 Å². The van der Waals surface area contributed by atoms with E-state index in [1.165, 1.54) is 0 Å². The molecule has 0 saturated heterocycles. The van der Waals surface area contributed by atoms with Crippen LogP contribution in [0.15, 0.2) is 36.4 Å². The fraction of sp³-hybridized carbons (Fsp3) is 0.450. The van der Waals surface area contributed by atoms with Gasteiger partial charge in [0.05, 0.1) is 0 Å². The van der Waals surface area contributed by atoms with Crippen LogP contribution in [0.5, 0.6) is 0 Å². The zero-order valence-corrected chi connectivity index (χ0v) is 15.6. The molecule has 0 spiro atoms. The molecule has 0 aliphatic carbocycles. The van der Waals surface area contributed by atoms with Crippen molar-refractivity contribution in [1.82, 2.24) is 14.9 Å². The number of anilines is 1. The molecule has 5 nitrogen and oxygen atoms in total. The fourth-order valence-corrected chi connectivity index (χ4v) is 2.52. The quantitative estimate of drug-likeness (QED) is 0.791. The summed E-state index contributed by atoms with van der Waals surface area (Å²) >= 11 is 0. The maximum Gasteiger partial charge on any atom is 0.272 e. The monoisotopic (exact) mass is 340 g/mol. The molecule has 0 radical (unpaired) electrons. The van der Waals surface area contributed by atoms with Crippen molar-refractivity contribution in [3.05, 3.63) is 53.3 Å². The first kappa shape index (κ1) is 18.9. The molecule has 0 aliphatic heterocycles. The topological polar surface area (TPSA) is 58.1 Å². The molecule has 0 bridgehead atoms. The highest BCUT2D eigenvalue weighted by Gasteiger charge is 2.17. The van der Waals surface area contributed by atoms with Crippen molar-refractivity contribution < 1.29 is 4.79 Å². The molecule has 0 fully saturated rings. The summed E-state index contributed by atoms with van der Waals surface area (Å²) in [6.07, 6.45) is 1.04. The lowest BCUT2D eigenvalue weighted by Crippen LogP contribution is -2.31. The van der Waals surface area contributed by atoms with Crippen molar-refractivity contribution in [1.29, 1.82) is 0 Å². The van der Waals surface area contributed by atoms with Crippen LogP contribution in [-0.2, 0) is 6.54 Å². The van der Waals surface area contributed by atoms with Gasteiger partial charge in [-0.15, -0.1) is 0 Å². The molecule has 0 unspecified atom stereocenters. The molecule has 1 amide bonds. The molecular weight excluding hydrogens is 312 g/mol. The van der Waals surface area contributed by atoms with Crippen molar-refractivity contribution in [3.8, 4) is 0 Å². The summed E-state index contributed by atoms with van der Waals surface area (Å²) in [6, 6.07) is 11.8. The van der Waals surface area contributed by atoms with Crippen LogP contribution in [0.2, 0.25) is 0 Å². The number of benzene rings is 1. The van der Waals surface area contributed by atoms with Crippen LogP contribution in [0.25, 0.3) is 0 Å². The lowest BCUT2D eigenvalue weighted by Gasteiger charge is -2.21. The van der Waals surface area contributed by atoms with Gasteiger partial charge in [0.2, 0.25) is 5.95 Å². The van der Waals surface area contributed by atoms with Gasteiger partial charge < -0.3 is 10.2 Å². The highest BCUT2D eigenvalue weighted by molar-refractivity contribution is 5.92. The number of hydrogen-bond acceptors (Lipinski definition) is 4. The van der Waals surface area contributed by atoms with Gasteiger partial charge in [0.25, 0.3) is 5.91 Å². The minimum Gasteiger partial charge on any atom is -0.354 e. The third-order valence-electron chi connectivity index (χ3n) is 3.96. The van der Waals surface area contributed by atoms with E-state index in [0.717, 1.165) is 24.2 Å². The van der Waals surface area contributed by atoms with Gasteiger partial charge in [0, 0.05) is 25.3 Å². The molecule has 1 heterocycles. The molecule has 5 heteroatoms. The standard InChI is InChI=1S/C20H28N4O/c1-5-24(14-17-9-7-6-8-10-17)19(25)18-13-16(4)22-20(23-18)21-12-11-15(2)3/h6-10,13,15H,5,11-12,14H2,1-4H3,(H,21,22,23). The molecule has 25 heavy (non-hydrogen) atoms. The number of nitrogens with zero attached hydrogens (tertiary/aromatic N) is 3. The van der Waals surface area contributed by atoms with E-state index >= 15 is 0 Å².